The number of thioether (sulfide) groups is 1. The highest BCUT2D eigenvalue weighted by atomic mass is 35.5. The van der Waals surface area contributed by atoms with E-state index < -0.39 is 0 Å². The summed E-state index contributed by atoms with van der Waals surface area (Å²) in [7, 11) is 0. The van der Waals surface area contributed by atoms with Crippen LogP contribution in [0.3, 0.4) is 0 Å². The van der Waals surface area contributed by atoms with Crippen LogP contribution in [0.5, 0.6) is 5.75 Å². The third-order valence-electron chi connectivity index (χ3n) is 3.21. The van der Waals surface area contributed by atoms with Crippen LogP contribution in [-0.4, -0.2) is 24.8 Å². The van der Waals surface area contributed by atoms with Crippen LogP contribution < -0.4 is 10.1 Å². The average Bonchev–Trinajstić information content (AvgIpc) is 2.58. The van der Waals surface area contributed by atoms with E-state index in [0.29, 0.717) is 28.8 Å². The third kappa shape index (κ3) is 5.93. The molecule has 24 heavy (non-hydrogen) atoms. The summed E-state index contributed by atoms with van der Waals surface area (Å²) in [5.74, 6) is 2.35. The van der Waals surface area contributed by atoms with E-state index in [1.165, 1.54) is 0 Å². The molecule has 0 atom stereocenters. The van der Waals surface area contributed by atoms with Crippen LogP contribution >= 0.6 is 35.0 Å². The molecule has 0 aromatic heterocycles. The topological polar surface area (TPSA) is 38.3 Å². The lowest BCUT2D eigenvalue weighted by atomic mass is 10.2. The second kappa shape index (κ2) is 9.82. The fraction of sp³-hybridized carbons (Fsp3) is 0.278. The summed E-state index contributed by atoms with van der Waals surface area (Å²) < 4.78 is 5.36. The zero-order valence-electron chi connectivity index (χ0n) is 13.4. The van der Waals surface area contributed by atoms with E-state index in [-0.39, 0.29) is 5.91 Å². The molecule has 0 aliphatic heterocycles. The zero-order chi connectivity index (χ0) is 17.4. The summed E-state index contributed by atoms with van der Waals surface area (Å²) >= 11 is 13.6. The minimum Gasteiger partial charge on any atom is -0.494 e. The lowest BCUT2D eigenvalue weighted by Crippen LogP contribution is -2.25. The van der Waals surface area contributed by atoms with E-state index in [1.807, 2.05) is 19.1 Å². The number of hydrogen-bond acceptors (Lipinski definition) is 3. The first-order valence-electron chi connectivity index (χ1n) is 7.63. The zero-order valence-corrected chi connectivity index (χ0v) is 15.7. The Labute approximate surface area is 156 Å². The molecule has 0 saturated carbocycles. The quantitative estimate of drug-likeness (QED) is 0.647. The van der Waals surface area contributed by atoms with Crippen molar-refractivity contribution in [3.05, 3.63) is 63.6 Å². The number of halogens is 2. The van der Waals surface area contributed by atoms with Gasteiger partial charge in [-0.15, -0.1) is 0 Å². The van der Waals surface area contributed by atoms with Gasteiger partial charge in [-0.1, -0.05) is 29.3 Å². The molecule has 3 nitrogen and oxygen atoms in total. The van der Waals surface area contributed by atoms with Crippen molar-refractivity contribution in [1.29, 1.82) is 0 Å². The maximum Gasteiger partial charge on any atom is 0.251 e. The van der Waals surface area contributed by atoms with Gasteiger partial charge in [0.1, 0.15) is 5.75 Å². The van der Waals surface area contributed by atoms with Crippen molar-refractivity contribution in [3.8, 4) is 5.75 Å². The number of benzene rings is 2. The Morgan fingerprint density at radius 3 is 2.54 bits per heavy atom. The van der Waals surface area contributed by atoms with Gasteiger partial charge in [-0.3, -0.25) is 4.79 Å². The monoisotopic (exact) mass is 383 g/mol. The van der Waals surface area contributed by atoms with E-state index in [9.17, 15) is 4.79 Å². The van der Waals surface area contributed by atoms with Gasteiger partial charge in [0, 0.05) is 23.6 Å². The van der Waals surface area contributed by atoms with Gasteiger partial charge in [-0.2, -0.15) is 11.8 Å². The number of carbonyl (C=O) groups is 1. The van der Waals surface area contributed by atoms with Crippen LogP contribution in [0.25, 0.3) is 0 Å². The maximum absolute atomic E-state index is 12.0. The second-order valence-corrected chi connectivity index (χ2v) is 6.93. The van der Waals surface area contributed by atoms with Crippen LogP contribution in [0.4, 0.5) is 0 Å². The molecule has 0 spiro atoms. The SMILES string of the molecule is CCOc1ccc(C(=O)NCCSCc2ccc(Cl)c(Cl)c2)cc1. The van der Waals surface area contributed by atoms with E-state index in [1.54, 1.807) is 42.1 Å². The number of ether oxygens (including phenoxy) is 1. The van der Waals surface area contributed by atoms with Crippen LogP contribution in [0, 0.1) is 0 Å². The Kier molecular flexibility index (Phi) is 7.76. The van der Waals surface area contributed by atoms with Crippen molar-refractivity contribution in [3.63, 3.8) is 0 Å². The molecule has 6 heteroatoms. The normalized spacial score (nSPS) is 10.5. The standard InChI is InChI=1S/C18H19Cl2NO2S/c1-2-23-15-6-4-14(5-7-15)18(22)21-9-10-24-12-13-3-8-16(19)17(20)11-13/h3-8,11H,2,9-10,12H2,1H3,(H,21,22). The number of nitrogens with one attached hydrogen (secondary N) is 1. The van der Waals surface area contributed by atoms with Gasteiger partial charge in [-0.25, -0.2) is 0 Å². The minimum absolute atomic E-state index is 0.0758. The van der Waals surface area contributed by atoms with Gasteiger partial charge >= 0.3 is 0 Å². The van der Waals surface area contributed by atoms with Crippen LogP contribution in [0.15, 0.2) is 42.5 Å². The molecule has 0 fully saturated rings. The van der Waals surface area contributed by atoms with Crippen LogP contribution in [0.2, 0.25) is 10.0 Å². The largest absolute Gasteiger partial charge is 0.494 e. The van der Waals surface area contributed by atoms with Gasteiger partial charge in [-0.05, 0) is 48.9 Å². The molecule has 0 unspecified atom stereocenters. The summed E-state index contributed by atoms with van der Waals surface area (Å²) in [5.41, 5.74) is 1.75. The predicted octanol–water partition coefficient (Wildman–Crippen LogP) is 5.06. The van der Waals surface area contributed by atoms with Crippen molar-refractivity contribution in [2.24, 2.45) is 0 Å². The van der Waals surface area contributed by atoms with E-state index in [2.05, 4.69) is 5.32 Å². The highest BCUT2D eigenvalue weighted by Crippen LogP contribution is 2.24. The summed E-state index contributed by atoms with van der Waals surface area (Å²) in [5, 5.41) is 4.04. The van der Waals surface area contributed by atoms with E-state index in [4.69, 9.17) is 27.9 Å². The lowest BCUT2D eigenvalue weighted by molar-refractivity contribution is 0.0956. The molecule has 0 aliphatic carbocycles. The Morgan fingerprint density at radius 2 is 1.88 bits per heavy atom. The van der Waals surface area contributed by atoms with Crippen LogP contribution in [0.1, 0.15) is 22.8 Å². The van der Waals surface area contributed by atoms with Crippen molar-refractivity contribution >= 4 is 40.9 Å². The molecule has 2 rings (SSSR count). The highest BCUT2D eigenvalue weighted by molar-refractivity contribution is 7.98. The molecule has 0 heterocycles. The van der Waals surface area contributed by atoms with Crippen molar-refractivity contribution in [2.75, 3.05) is 18.9 Å². The third-order valence-corrected chi connectivity index (χ3v) is 4.98. The number of rotatable bonds is 8. The highest BCUT2D eigenvalue weighted by Gasteiger charge is 2.05. The number of hydrogen-bond donors (Lipinski definition) is 1. The Bertz CT molecular complexity index is 677. The predicted molar refractivity (Wildman–Crippen MR) is 103 cm³/mol. The minimum atomic E-state index is -0.0758. The smallest absolute Gasteiger partial charge is 0.251 e. The van der Waals surface area contributed by atoms with Crippen LogP contribution in [-0.2, 0) is 5.75 Å². The van der Waals surface area contributed by atoms with Crippen molar-refractivity contribution in [2.45, 2.75) is 12.7 Å². The Balaban J connectivity index is 1.69. The fourth-order valence-corrected chi connectivity index (χ4v) is 3.15. The Morgan fingerprint density at radius 1 is 1.12 bits per heavy atom. The molecular formula is C18H19Cl2NO2S. The molecule has 0 saturated heterocycles. The summed E-state index contributed by atoms with van der Waals surface area (Å²) in [4.78, 5) is 12.0. The van der Waals surface area contributed by atoms with E-state index in [0.717, 1.165) is 22.8 Å². The average molecular weight is 384 g/mol. The molecular weight excluding hydrogens is 365 g/mol. The maximum atomic E-state index is 12.0. The lowest BCUT2D eigenvalue weighted by Gasteiger charge is -2.07. The van der Waals surface area contributed by atoms with Gasteiger partial charge in [0.05, 0.1) is 16.7 Å². The number of carbonyl (C=O) groups excluding carboxylic acids is 1. The first-order valence-corrected chi connectivity index (χ1v) is 9.54. The molecule has 128 valence electrons. The molecule has 0 aliphatic rings. The van der Waals surface area contributed by atoms with Crippen molar-refractivity contribution in [1.82, 2.24) is 5.32 Å². The molecule has 0 bridgehead atoms. The summed E-state index contributed by atoms with van der Waals surface area (Å²) in [6.45, 7) is 3.15. The molecule has 2 aromatic carbocycles. The van der Waals surface area contributed by atoms with Gasteiger partial charge in [0.25, 0.3) is 5.91 Å². The van der Waals surface area contributed by atoms with Gasteiger partial charge in [0.15, 0.2) is 0 Å². The molecule has 2 aromatic rings. The second-order valence-electron chi connectivity index (χ2n) is 5.01. The summed E-state index contributed by atoms with van der Waals surface area (Å²) in [6, 6.07) is 12.8. The molecule has 1 N–H and O–H groups in total. The Hall–Kier alpha value is -1.36. The van der Waals surface area contributed by atoms with Gasteiger partial charge < -0.3 is 10.1 Å². The molecule has 1 amide bonds. The first kappa shape index (κ1) is 19.0. The number of amides is 1. The van der Waals surface area contributed by atoms with Crippen molar-refractivity contribution < 1.29 is 9.53 Å². The van der Waals surface area contributed by atoms with Gasteiger partial charge in [0.2, 0.25) is 0 Å². The molecule has 0 radical (unpaired) electrons. The van der Waals surface area contributed by atoms with E-state index >= 15 is 0 Å². The first-order chi connectivity index (χ1) is 11.6. The fourth-order valence-electron chi connectivity index (χ4n) is 2.03. The summed E-state index contributed by atoms with van der Waals surface area (Å²) in [6.07, 6.45) is 0.